The Morgan fingerprint density at radius 3 is 0.902 bits per heavy atom. The minimum Gasteiger partial charge on any atom is -0.394 e. The molecule has 0 saturated carbocycles. The lowest BCUT2D eigenvalue weighted by molar-refractivity contribution is -0.123. The van der Waals surface area contributed by atoms with Crippen molar-refractivity contribution in [1.29, 1.82) is 0 Å². The molecule has 0 aromatic rings. The van der Waals surface area contributed by atoms with Crippen LogP contribution in [0, 0.1) is 0 Å². The third kappa shape index (κ3) is 50.0. The van der Waals surface area contributed by atoms with E-state index in [1.54, 1.807) is 0 Å². The zero-order valence-electron chi connectivity index (χ0n) is 42.0. The molecule has 4 nitrogen and oxygen atoms in total. The van der Waals surface area contributed by atoms with Crippen LogP contribution in [0.4, 0.5) is 0 Å². The van der Waals surface area contributed by atoms with Crippen molar-refractivity contribution in [1.82, 2.24) is 5.32 Å². The summed E-state index contributed by atoms with van der Waals surface area (Å²) in [5.41, 5.74) is 0. The molecule has 61 heavy (non-hydrogen) atoms. The molecule has 0 rings (SSSR count). The smallest absolute Gasteiger partial charge is 0.220 e. The van der Waals surface area contributed by atoms with Crippen molar-refractivity contribution in [2.24, 2.45) is 0 Å². The fraction of sp³-hybridized carbons (Fsp3) is 0.947. The Morgan fingerprint density at radius 2 is 0.623 bits per heavy atom. The Hall–Kier alpha value is -0.870. The molecule has 1 amide bonds. The average molecular weight is 861 g/mol. The molecule has 0 fully saturated rings. The van der Waals surface area contributed by atoms with Crippen molar-refractivity contribution >= 4 is 5.91 Å². The molecule has 0 bridgehead atoms. The first-order valence-corrected chi connectivity index (χ1v) is 28.4. The van der Waals surface area contributed by atoms with Gasteiger partial charge in [0.15, 0.2) is 0 Å². The minimum atomic E-state index is -0.655. The maximum absolute atomic E-state index is 12.4. The molecule has 0 aromatic carbocycles. The second kappa shape index (κ2) is 53.5. The standard InChI is InChI=1S/C57H113NO3/c1-3-5-7-9-11-13-15-17-18-19-20-21-22-23-24-25-26-27-28-29-30-31-32-33-34-35-36-37-38-39-40-41-43-45-47-49-51-53-57(61)58-55(54-59)56(60)52-50-48-46-44-42-16-14-12-10-8-6-4-2/h27-28,55-56,59-60H,3-26,29-54H2,1-2H3,(H,58,61)/b28-27-. The minimum absolute atomic E-state index is 0.0261. The quantitative estimate of drug-likeness (QED) is 0.0421. The van der Waals surface area contributed by atoms with Crippen LogP contribution in [-0.2, 0) is 4.79 Å². The summed E-state index contributed by atoms with van der Waals surface area (Å²) in [7, 11) is 0. The van der Waals surface area contributed by atoms with Crippen LogP contribution >= 0.6 is 0 Å². The second-order valence-corrected chi connectivity index (χ2v) is 19.7. The van der Waals surface area contributed by atoms with Gasteiger partial charge in [0.05, 0.1) is 18.8 Å². The van der Waals surface area contributed by atoms with Gasteiger partial charge in [0, 0.05) is 6.42 Å². The van der Waals surface area contributed by atoms with Gasteiger partial charge in [-0.05, 0) is 38.5 Å². The number of hydrogen-bond acceptors (Lipinski definition) is 3. The number of nitrogens with one attached hydrogen (secondary N) is 1. The van der Waals surface area contributed by atoms with Gasteiger partial charge < -0.3 is 15.5 Å². The van der Waals surface area contributed by atoms with Gasteiger partial charge in [-0.3, -0.25) is 4.79 Å². The summed E-state index contributed by atoms with van der Waals surface area (Å²) in [6, 6.07) is -0.531. The molecular weight excluding hydrogens is 747 g/mol. The molecule has 0 aliphatic carbocycles. The molecule has 0 radical (unpaired) electrons. The maximum atomic E-state index is 12.4. The number of amides is 1. The fourth-order valence-corrected chi connectivity index (χ4v) is 9.18. The van der Waals surface area contributed by atoms with Gasteiger partial charge in [-0.25, -0.2) is 0 Å². The van der Waals surface area contributed by atoms with E-state index in [0.29, 0.717) is 12.8 Å². The molecule has 0 aliphatic heterocycles. The van der Waals surface area contributed by atoms with E-state index in [0.717, 1.165) is 25.7 Å². The highest BCUT2D eigenvalue weighted by Crippen LogP contribution is 2.18. The van der Waals surface area contributed by atoms with Crippen molar-refractivity contribution < 1.29 is 15.0 Å². The van der Waals surface area contributed by atoms with Crippen LogP contribution < -0.4 is 5.32 Å². The molecule has 0 aromatic heterocycles. The van der Waals surface area contributed by atoms with Gasteiger partial charge in [-0.1, -0.05) is 296 Å². The van der Waals surface area contributed by atoms with E-state index < -0.39 is 12.1 Å². The Kier molecular flexibility index (Phi) is 52.7. The first-order chi connectivity index (χ1) is 30.2. The maximum Gasteiger partial charge on any atom is 0.220 e. The van der Waals surface area contributed by atoms with Crippen LogP contribution in [0.3, 0.4) is 0 Å². The second-order valence-electron chi connectivity index (χ2n) is 19.7. The van der Waals surface area contributed by atoms with Crippen LogP contribution in [0.15, 0.2) is 12.2 Å². The summed E-state index contributed by atoms with van der Waals surface area (Å²) in [6.45, 7) is 4.38. The van der Waals surface area contributed by atoms with Gasteiger partial charge in [-0.2, -0.15) is 0 Å². The zero-order valence-corrected chi connectivity index (χ0v) is 42.0. The number of rotatable bonds is 53. The van der Waals surface area contributed by atoms with Crippen LogP contribution in [0.2, 0.25) is 0 Å². The van der Waals surface area contributed by atoms with Gasteiger partial charge in [0.2, 0.25) is 5.91 Å². The first-order valence-electron chi connectivity index (χ1n) is 28.4. The largest absolute Gasteiger partial charge is 0.394 e. The van der Waals surface area contributed by atoms with Crippen molar-refractivity contribution in [3.63, 3.8) is 0 Å². The third-order valence-corrected chi connectivity index (χ3v) is 13.5. The molecular formula is C57H113NO3. The Balaban J connectivity index is 3.34. The molecule has 364 valence electrons. The van der Waals surface area contributed by atoms with Crippen molar-refractivity contribution in [2.45, 2.75) is 341 Å². The number of hydrogen-bond donors (Lipinski definition) is 3. The number of carbonyl (C=O) groups excluding carboxylic acids is 1. The van der Waals surface area contributed by atoms with E-state index in [1.165, 1.54) is 276 Å². The summed E-state index contributed by atoms with van der Waals surface area (Å²) >= 11 is 0. The Labute approximate surface area is 384 Å². The lowest BCUT2D eigenvalue weighted by atomic mass is 10.0. The van der Waals surface area contributed by atoms with E-state index in [-0.39, 0.29) is 12.5 Å². The monoisotopic (exact) mass is 860 g/mol. The number of unbranched alkanes of at least 4 members (excludes halogenated alkanes) is 44. The molecule has 0 spiro atoms. The van der Waals surface area contributed by atoms with E-state index in [2.05, 4.69) is 31.3 Å². The molecule has 0 aliphatic rings. The molecule has 3 N–H and O–H groups in total. The highest BCUT2D eigenvalue weighted by molar-refractivity contribution is 5.76. The molecule has 0 saturated heterocycles. The number of allylic oxidation sites excluding steroid dienone is 2. The predicted octanol–water partition coefficient (Wildman–Crippen LogP) is 18.5. The van der Waals surface area contributed by atoms with E-state index in [9.17, 15) is 15.0 Å². The normalized spacial score (nSPS) is 12.8. The van der Waals surface area contributed by atoms with E-state index in [4.69, 9.17) is 0 Å². The molecule has 4 heteroatoms. The highest BCUT2D eigenvalue weighted by atomic mass is 16.3. The van der Waals surface area contributed by atoms with E-state index >= 15 is 0 Å². The van der Waals surface area contributed by atoms with Gasteiger partial charge >= 0.3 is 0 Å². The summed E-state index contributed by atoms with van der Waals surface area (Å²) in [6.07, 6.45) is 69.4. The average Bonchev–Trinajstić information content (AvgIpc) is 3.26. The zero-order chi connectivity index (χ0) is 44.2. The number of aliphatic hydroxyl groups is 2. The Bertz CT molecular complexity index is 844. The summed E-state index contributed by atoms with van der Waals surface area (Å²) in [4.78, 5) is 12.4. The third-order valence-electron chi connectivity index (χ3n) is 13.5. The number of carbonyl (C=O) groups is 1. The molecule has 2 unspecified atom stereocenters. The van der Waals surface area contributed by atoms with Crippen LogP contribution in [0.5, 0.6) is 0 Å². The Morgan fingerprint density at radius 1 is 0.377 bits per heavy atom. The highest BCUT2D eigenvalue weighted by Gasteiger charge is 2.20. The van der Waals surface area contributed by atoms with Gasteiger partial charge in [-0.15, -0.1) is 0 Å². The summed E-state index contributed by atoms with van der Waals surface area (Å²) < 4.78 is 0. The van der Waals surface area contributed by atoms with Gasteiger partial charge in [0.25, 0.3) is 0 Å². The van der Waals surface area contributed by atoms with E-state index in [1.807, 2.05) is 0 Å². The fourth-order valence-electron chi connectivity index (χ4n) is 9.18. The van der Waals surface area contributed by atoms with Crippen LogP contribution in [0.1, 0.15) is 328 Å². The van der Waals surface area contributed by atoms with Crippen LogP contribution in [0.25, 0.3) is 0 Å². The molecule has 2 atom stereocenters. The first kappa shape index (κ1) is 60.1. The lowest BCUT2D eigenvalue weighted by Crippen LogP contribution is -2.45. The predicted molar refractivity (Wildman–Crippen MR) is 272 cm³/mol. The van der Waals surface area contributed by atoms with Crippen molar-refractivity contribution in [2.75, 3.05) is 6.61 Å². The molecule has 0 heterocycles. The summed E-state index contributed by atoms with van der Waals surface area (Å²) in [5, 5.41) is 23.2. The summed E-state index contributed by atoms with van der Waals surface area (Å²) in [5.74, 6) is -0.0261. The van der Waals surface area contributed by atoms with Crippen molar-refractivity contribution in [3.8, 4) is 0 Å². The lowest BCUT2D eigenvalue weighted by Gasteiger charge is -2.22. The number of aliphatic hydroxyl groups excluding tert-OH is 2. The topological polar surface area (TPSA) is 69.6 Å². The van der Waals surface area contributed by atoms with Crippen LogP contribution in [-0.4, -0.2) is 34.9 Å². The van der Waals surface area contributed by atoms with Gasteiger partial charge in [0.1, 0.15) is 0 Å². The van der Waals surface area contributed by atoms with Crippen molar-refractivity contribution in [3.05, 3.63) is 12.2 Å². The SMILES string of the molecule is CCCCCCCCCCCCCCCCCC/C=C\CCCCCCCCCCCCCCCCCCCC(=O)NC(CO)C(O)CCCCCCCCCCCCCC.